The molecule has 0 fully saturated rings. The maximum atomic E-state index is 9.62. The number of rotatable bonds is 0. The van der Waals surface area contributed by atoms with Gasteiger partial charge in [-0.3, -0.25) is 4.79 Å². The quantitative estimate of drug-likeness (QED) is 0.410. The van der Waals surface area contributed by atoms with E-state index in [1.165, 1.54) is 6.92 Å². The zero-order valence-corrected chi connectivity index (χ0v) is 6.56. The molecular weight excluding hydrogens is 148 g/mol. The van der Waals surface area contributed by atoms with Gasteiger partial charge in [0.25, 0.3) is 5.97 Å². The van der Waals surface area contributed by atoms with E-state index in [1.54, 1.807) is 0 Å². The molecule has 0 aliphatic heterocycles. The van der Waals surface area contributed by atoms with Crippen molar-refractivity contribution >= 4 is 16.5 Å². The van der Waals surface area contributed by atoms with Crippen LogP contribution in [0.25, 0.3) is 0 Å². The van der Waals surface area contributed by atoms with Crippen LogP contribution in [0.15, 0.2) is 0 Å². The first kappa shape index (κ1) is 9.51. The maximum Gasteiger partial charge on any atom is 0.288 e. The molecule has 0 aliphatic rings. The van der Waals surface area contributed by atoms with Gasteiger partial charge in [-0.2, -0.15) is 0 Å². The van der Waals surface area contributed by atoms with E-state index in [1.807, 2.05) is 0 Å². The number of hydrogen-bond donors (Lipinski definition) is 0. The Labute approximate surface area is 50.3 Å². The summed E-state index contributed by atoms with van der Waals surface area (Å²) in [4.78, 5) is 9.62. The second-order valence-corrected chi connectivity index (χ2v) is 1.10. The molecule has 0 unspecified atom stereocenters. The van der Waals surface area contributed by atoms with Gasteiger partial charge in [-0.15, -0.1) is 0 Å². The van der Waals surface area contributed by atoms with Crippen molar-refractivity contribution in [1.82, 2.24) is 0 Å². The summed E-state index contributed by atoms with van der Waals surface area (Å²) in [5.74, 6) is -0.184. The largest absolute Gasteiger partial charge is 0.529 e. The van der Waals surface area contributed by atoms with Gasteiger partial charge in [0.1, 0.15) is 0 Å². The van der Waals surface area contributed by atoms with E-state index in [4.69, 9.17) is 0 Å². The normalized spacial score (nSPS) is 6.17. The number of hydrogen-bond acceptors (Lipinski definition) is 2. The molecule has 4 heteroatoms. The molecule has 0 heterocycles. The van der Waals surface area contributed by atoms with Crippen molar-refractivity contribution in [2.45, 2.75) is 6.92 Å². The summed E-state index contributed by atoms with van der Waals surface area (Å²) in [6, 6.07) is 0. The standard InChI is InChI=1S/C2H6O2Si.Cu/c1-2(3)4-5;/h1,5H3;. The fourth-order valence-electron chi connectivity index (χ4n) is 0. The van der Waals surface area contributed by atoms with E-state index in [9.17, 15) is 4.79 Å². The van der Waals surface area contributed by atoms with E-state index >= 15 is 0 Å². The summed E-state index contributed by atoms with van der Waals surface area (Å²) >= 11 is 0. The van der Waals surface area contributed by atoms with Crippen LogP contribution in [0.2, 0.25) is 0 Å². The Hall–Kier alpha value is 0.206. The fourth-order valence-corrected chi connectivity index (χ4v) is 0. The predicted molar refractivity (Wildman–Crippen MR) is 21.7 cm³/mol. The third-order valence-corrected chi connectivity index (χ3v) is 0.862. The summed E-state index contributed by atoms with van der Waals surface area (Å²) in [7, 11) is 0.524. The molecule has 1 radical (unpaired) electrons. The van der Waals surface area contributed by atoms with Gasteiger partial charge in [0.2, 0.25) is 10.5 Å². The molecule has 41 valence electrons. The molecule has 6 heavy (non-hydrogen) atoms. The molecule has 0 saturated carbocycles. The molecule has 0 atom stereocenters. The van der Waals surface area contributed by atoms with E-state index in [0.29, 0.717) is 10.5 Å². The number of carbonyl (C=O) groups is 1. The SMILES string of the molecule is CC(=O)O[SiH3].[Cu]. The molecule has 0 aromatic rings. The summed E-state index contributed by atoms with van der Waals surface area (Å²) in [6.45, 7) is 1.40. The van der Waals surface area contributed by atoms with Gasteiger partial charge in [-0.05, 0) is 0 Å². The first-order chi connectivity index (χ1) is 2.27. The van der Waals surface area contributed by atoms with Gasteiger partial charge in [0.05, 0.1) is 0 Å². The zero-order valence-electron chi connectivity index (χ0n) is 3.62. The summed E-state index contributed by atoms with van der Waals surface area (Å²) in [6.07, 6.45) is 0. The molecule has 0 aromatic heterocycles. The van der Waals surface area contributed by atoms with Crippen LogP contribution in [-0.4, -0.2) is 16.5 Å². The summed E-state index contributed by atoms with van der Waals surface area (Å²) in [5.41, 5.74) is 0. The van der Waals surface area contributed by atoms with Gasteiger partial charge >= 0.3 is 0 Å². The Balaban J connectivity index is 0. The van der Waals surface area contributed by atoms with Crippen molar-refractivity contribution in [1.29, 1.82) is 0 Å². The van der Waals surface area contributed by atoms with E-state index in [-0.39, 0.29) is 23.0 Å². The fraction of sp³-hybridized carbons (Fsp3) is 0.500. The van der Waals surface area contributed by atoms with Crippen LogP contribution >= 0.6 is 0 Å². The third kappa shape index (κ3) is 8.88. The van der Waals surface area contributed by atoms with Crippen molar-refractivity contribution in [2.24, 2.45) is 0 Å². The minimum Gasteiger partial charge on any atom is -0.529 e. The van der Waals surface area contributed by atoms with Gasteiger partial charge in [-0.1, -0.05) is 0 Å². The summed E-state index contributed by atoms with van der Waals surface area (Å²) < 4.78 is 4.25. The van der Waals surface area contributed by atoms with Gasteiger partial charge in [0.15, 0.2) is 0 Å². The average Bonchev–Trinajstić information content (AvgIpc) is 1.38. The van der Waals surface area contributed by atoms with Gasteiger partial charge in [-0.25, -0.2) is 0 Å². The molecule has 0 N–H and O–H groups in total. The Kier molecular flexibility index (Phi) is 8.25. The van der Waals surface area contributed by atoms with Crippen LogP contribution in [0.1, 0.15) is 6.92 Å². The first-order valence-electron chi connectivity index (χ1n) is 1.32. The van der Waals surface area contributed by atoms with E-state index < -0.39 is 0 Å². The van der Waals surface area contributed by atoms with Crippen molar-refractivity contribution < 1.29 is 26.3 Å². The first-order valence-corrected chi connectivity index (χ1v) is 2.13. The van der Waals surface area contributed by atoms with Crippen molar-refractivity contribution in [2.75, 3.05) is 0 Å². The van der Waals surface area contributed by atoms with Gasteiger partial charge < -0.3 is 4.43 Å². The van der Waals surface area contributed by atoms with Crippen LogP contribution in [0.3, 0.4) is 0 Å². The molecule has 0 spiro atoms. The topological polar surface area (TPSA) is 26.3 Å². The van der Waals surface area contributed by atoms with Crippen molar-refractivity contribution in [3.05, 3.63) is 0 Å². The monoisotopic (exact) mass is 153 g/mol. The smallest absolute Gasteiger partial charge is 0.288 e. The molecule has 0 amide bonds. The summed E-state index contributed by atoms with van der Waals surface area (Å²) in [5, 5.41) is 0. The Morgan fingerprint density at radius 1 is 1.83 bits per heavy atom. The molecule has 0 saturated heterocycles. The van der Waals surface area contributed by atoms with Crippen LogP contribution in [0.5, 0.6) is 0 Å². The van der Waals surface area contributed by atoms with Crippen LogP contribution in [-0.2, 0) is 26.3 Å². The Bertz CT molecular complexity index is 46.8. The van der Waals surface area contributed by atoms with Crippen LogP contribution in [0, 0.1) is 0 Å². The van der Waals surface area contributed by atoms with Crippen molar-refractivity contribution in [3.63, 3.8) is 0 Å². The maximum absolute atomic E-state index is 9.62. The average molecular weight is 154 g/mol. The second kappa shape index (κ2) is 5.21. The van der Waals surface area contributed by atoms with Crippen LogP contribution < -0.4 is 0 Å². The molecular formula is C2H6CuO2Si. The molecule has 0 rings (SSSR count). The minimum absolute atomic E-state index is 0. The zero-order chi connectivity index (χ0) is 4.28. The Morgan fingerprint density at radius 2 is 2.00 bits per heavy atom. The van der Waals surface area contributed by atoms with E-state index in [0.717, 1.165) is 0 Å². The Morgan fingerprint density at radius 3 is 2.00 bits per heavy atom. The molecule has 0 aliphatic carbocycles. The third-order valence-electron chi connectivity index (χ3n) is 0.287. The van der Waals surface area contributed by atoms with E-state index in [2.05, 4.69) is 4.43 Å². The minimum atomic E-state index is -0.184. The second-order valence-electron chi connectivity index (χ2n) is 0.696. The molecule has 2 nitrogen and oxygen atoms in total. The molecule has 0 aromatic carbocycles. The van der Waals surface area contributed by atoms with Crippen molar-refractivity contribution in [3.8, 4) is 0 Å². The van der Waals surface area contributed by atoms with Gasteiger partial charge in [0, 0.05) is 24.0 Å². The number of carbonyl (C=O) groups excluding carboxylic acids is 1. The predicted octanol–water partition coefficient (Wildman–Crippen LogP) is -1.17. The van der Waals surface area contributed by atoms with Crippen LogP contribution in [0.4, 0.5) is 0 Å². The molecule has 0 bridgehead atoms.